The van der Waals surface area contributed by atoms with Crippen LogP contribution < -0.4 is 5.32 Å². The van der Waals surface area contributed by atoms with Crippen molar-refractivity contribution in [2.24, 2.45) is 0 Å². The van der Waals surface area contributed by atoms with E-state index >= 15 is 0 Å². The topological polar surface area (TPSA) is 29.1 Å². The summed E-state index contributed by atoms with van der Waals surface area (Å²) < 4.78 is 13.7. The van der Waals surface area contributed by atoms with E-state index < -0.39 is 0 Å². The molecule has 0 radical (unpaired) electrons. The highest BCUT2D eigenvalue weighted by molar-refractivity contribution is 5.87. The van der Waals surface area contributed by atoms with Gasteiger partial charge in [0.1, 0.15) is 5.82 Å². The van der Waals surface area contributed by atoms with Gasteiger partial charge < -0.3 is 5.32 Å². The third-order valence-electron chi connectivity index (χ3n) is 3.22. The normalized spacial score (nSPS) is 17.1. The highest BCUT2D eigenvalue weighted by atomic mass is 19.1. The van der Waals surface area contributed by atoms with Crippen LogP contribution >= 0.6 is 0 Å². The van der Waals surface area contributed by atoms with E-state index in [1.54, 1.807) is 19.1 Å². The third kappa shape index (κ3) is 2.54. The first kappa shape index (κ1) is 11.8. The van der Waals surface area contributed by atoms with E-state index in [4.69, 9.17) is 0 Å². The number of hydrogen-bond donors (Lipinski definition) is 1. The van der Waals surface area contributed by atoms with Crippen LogP contribution in [-0.4, -0.2) is 12.5 Å². The van der Waals surface area contributed by atoms with E-state index in [0.717, 1.165) is 18.4 Å². The van der Waals surface area contributed by atoms with Gasteiger partial charge in [-0.25, -0.2) is 4.39 Å². The fourth-order valence-electron chi connectivity index (χ4n) is 2.05. The minimum atomic E-state index is -0.178. The number of carbonyl (C=O) groups excluding carboxylic acids is 1. The number of carbonyl (C=O) groups is 1. The smallest absolute Gasteiger partial charge is 0.243 e. The number of rotatable bonds is 4. The standard InChI is InChI=1S/C14H16FNO/c1-2-5-13(17)16-10-14(8-9-14)11-6-3-4-7-12(11)15/h2-7H,8-10H2,1H3,(H,16,17)/b5-2+. The molecule has 17 heavy (non-hydrogen) atoms. The molecular formula is C14H16FNO. The van der Waals surface area contributed by atoms with E-state index in [0.29, 0.717) is 6.54 Å². The Bertz CT molecular complexity index is 449. The van der Waals surface area contributed by atoms with Crippen LogP contribution in [0.3, 0.4) is 0 Å². The molecule has 1 aromatic rings. The number of nitrogens with one attached hydrogen (secondary N) is 1. The summed E-state index contributed by atoms with van der Waals surface area (Å²) in [6.07, 6.45) is 5.05. The van der Waals surface area contributed by atoms with Crippen LogP contribution in [0.2, 0.25) is 0 Å². The molecule has 1 N–H and O–H groups in total. The van der Waals surface area contributed by atoms with Crippen molar-refractivity contribution in [2.75, 3.05) is 6.54 Å². The Morgan fingerprint density at radius 2 is 2.18 bits per heavy atom. The Morgan fingerprint density at radius 1 is 1.47 bits per heavy atom. The number of allylic oxidation sites excluding steroid dienone is 1. The fourth-order valence-corrected chi connectivity index (χ4v) is 2.05. The summed E-state index contributed by atoms with van der Waals surface area (Å²) in [4.78, 5) is 11.3. The first-order valence-electron chi connectivity index (χ1n) is 5.83. The molecule has 1 amide bonds. The molecule has 0 aromatic heterocycles. The maximum absolute atomic E-state index is 13.7. The lowest BCUT2D eigenvalue weighted by molar-refractivity contribution is -0.116. The zero-order valence-electron chi connectivity index (χ0n) is 9.87. The first-order valence-corrected chi connectivity index (χ1v) is 5.83. The number of hydrogen-bond acceptors (Lipinski definition) is 1. The minimum absolute atomic E-state index is 0.116. The Morgan fingerprint density at radius 3 is 2.76 bits per heavy atom. The predicted octanol–water partition coefficient (Wildman–Crippen LogP) is 2.55. The summed E-state index contributed by atoms with van der Waals surface area (Å²) in [6.45, 7) is 2.31. The van der Waals surface area contributed by atoms with Gasteiger partial charge >= 0.3 is 0 Å². The molecule has 0 spiro atoms. The lowest BCUT2D eigenvalue weighted by atomic mass is 9.95. The average Bonchev–Trinajstić information content (AvgIpc) is 3.09. The van der Waals surface area contributed by atoms with Crippen LogP contribution in [-0.2, 0) is 10.2 Å². The quantitative estimate of drug-likeness (QED) is 0.796. The van der Waals surface area contributed by atoms with E-state index in [-0.39, 0.29) is 17.1 Å². The second kappa shape index (κ2) is 4.70. The second-order valence-electron chi connectivity index (χ2n) is 4.48. The Kier molecular flexibility index (Phi) is 3.27. The third-order valence-corrected chi connectivity index (χ3v) is 3.22. The van der Waals surface area contributed by atoms with Gasteiger partial charge in [-0.15, -0.1) is 0 Å². The lowest BCUT2D eigenvalue weighted by Crippen LogP contribution is -2.31. The van der Waals surface area contributed by atoms with Crippen molar-refractivity contribution in [3.63, 3.8) is 0 Å². The minimum Gasteiger partial charge on any atom is -0.352 e. The zero-order chi connectivity index (χ0) is 12.3. The molecular weight excluding hydrogens is 217 g/mol. The van der Waals surface area contributed by atoms with Gasteiger partial charge in [-0.2, -0.15) is 0 Å². The van der Waals surface area contributed by atoms with Crippen molar-refractivity contribution in [1.82, 2.24) is 5.32 Å². The van der Waals surface area contributed by atoms with Gasteiger partial charge in [-0.3, -0.25) is 4.79 Å². The highest BCUT2D eigenvalue weighted by Crippen LogP contribution is 2.48. The van der Waals surface area contributed by atoms with Crippen molar-refractivity contribution in [3.05, 3.63) is 47.8 Å². The first-order chi connectivity index (χ1) is 8.18. The van der Waals surface area contributed by atoms with Gasteiger partial charge in [0.05, 0.1) is 0 Å². The van der Waals surface area contributed by atoms with Crippen LogP contribution in [0.15, 0.2) is 36.4 Å². The molecule has 90 valence electrons. The van der Waals surface area contributed by atoms with Gasteiger partial charge in [0.2, 0.25) is 5.91 Å². The predicted molar refractivity (Wildman–Crippen MR) is 65.1 cm³/mol. The summed E-state index contributed by atoms with van der Waals surface area (Å²) >= 11 is 0. The number of amides is 1. The van der Waals surface area contributed by atoms with Gasteiger partial charge in [-0.1, -0.05) is 24.3 Å². The summed E-state index contributed by atoms with van der Waals surface area (Å²) in [6, 6.07) is 6.81. The zero-order valence-corrected chi connectivity index (χ0v) is 9.87. The van der Waals surface area contributed by atoms with Crippen molar-refractivity contribution in [1.29, 1.82) is 0 Å². The average molecular weight is 233 g/mol. The van der Waals surface area contributed by atoms with E-state index in [1.807, 2.05) is 12.1 Å². The molecule has 2 nitrogen and oxygen atoms in total. The molecule has 1 fully saturated rings. The van der Waals surface area contributed by atoms with E-state index in [1.165, 1.54) is 12.1 Å². The molecule has 0 heterocycles. The van der Waals surface area contributed by atoms with E-state index in [2.05, 4.69) is 5.32 Å². The number of benzene rings is 1. The lowest BCUT2D eigenvalue weighted by Gasteiger charge is -2.16. The van der Waals surface area contributed by atoms with Gasteiger partial charge in [-0.05, 0) is 37.5 Å². The Labute approximate surface area is 101 Å². The number of halogens is 1. The monoisotopic (exact) mass is 233 g/mol. The Hall–Kier alpha value is -1.64. The maximum Gasteiger partial charge on any atom is 0.243 e. The molecule has 1 aliphatic rings. The molecule has 3 heteroatoms. The molecule has 1 saturated carbocycles. The summed E-state index contributed by atoms with van der Waals surface area (Å²) in [5.74, 6) is -0.291. The molecule has 1 aliphatic carbocycles. The van der Waals surface area contributed by atoms with Crippen LogP contribution in [0.25, 0.3) is 0 Å². The summed E-state index contributed by atoms with van der Waals surface area (Å²) in [7, 11) is 0. The SMILES string of the molecule is C/C=C/C(=O)NCC1(c2ccccc2F)CC1. The maximum atomic E-state index is 13.7. The Balaban J connectivity index is 2.06. The van der Waals surface area contributed by atoms with Gasteiger partial charge in [0.15, 0.2) is 0 Å². The molecule has 0 bridgehead atoms. The van der Waals surface area contributed by atoms with Crippen molar-refractivity contribution >= 4 is 5.91 Å². The van der Waals surface area contributed by atoms with Gasteiger partial charge in [0.25, 0.3) is 0 Å². The summed E-state index contributed by atoms with van der Waals surface area (Å²) in [5.41, 5.74) is 0.545. The van der Waals surface area contributed by atoms with E-state index in [9.17, 15) is 9.18 Å². The molecule has 0 unspecified atom stereocenters. The van der Waals surface area contributed by atoms with Crippen molar-refractivity contribution < 1.29 is 9.18 Å². The molecule has 0 aliphatic heterocycles. The van der Waals surface area contributed by atoms with Crippen LogP contribution in [0, 0.1) is 5.82 Å². The second-order valence-corrected chi connectivity index (χ2v) is 4.48. The van der Waals surface area contributed by atoms with Crippen LogP contribution in [0.5, 0.6) is 0 Å². The summed E-state index contributed by atoms with van der Waals surface area (Å²) in [5, 5.41) is 2.82. The largest absolute Gasteiger partial charge is 0.352 e. The van der Waals surface area contributed by atoms with Crippen molar-refractivity contribution in [3.8, 4) is 0 Å². The molecule has 1 aromatic carbocycles. The van der Waals surface area contributed by atoms with Crippen LogP contribution in [0.1, 0.15) is 25.3 Å². The molecule has 0 atom stereocenters. The van der Waals surface area contributed by atoms with Crippen molar-refractivity contribution in [2.45, 2.75) is 25.2 Å². The molecule has 2 rings (SSSR count). The van der Waals surface area contributed by atoms with Crippen LogP contribution in [0.4, 0.5) is 4.39 Å². The molecule has 0 saturated heterocycles. The highest BCUT2D eigenvalue weighted by Gasteiger charge is 2.45. The van der Waals surface area contributed by atoms with Gasteiger partial charge in [0, 0.05) is 12.0 Å². The fraction of sp³-hybridized carbons (Fsp3) is 0.357.